The van der Waals surface area contributed by atoms with Crippen molar-refractivity contribution in [3.05, 3.63) is 237 Å². The average Bonchev–Trinajstić information content (AvgIpc) is 1.61. The SMILES string of the molecule is CC(C)Nc1cncc(-c2ccc3[nH]nc(-c4nc5ccncc5[nH]4)c3c2)c1.CN(C)Cc1cncc(-c2ccc3[nH]nc(-c4nc5ccncc5[nH]4)c3c2)c1.c1cc2nc(-c3n[nH]c4ccc(-c5cncc(CN6CCCC6)c5)cc34)[nH]c2cn1.c1cc2nc(-c3n[nH]c4ccc(-c5cncc(CN6CCCCC6)c5)cc34)[nH]c2cn1. The molecule has 0 saturated carbocycles. The zero-order valence-electron chi connectivity index (χ0n) is 64.8. The van der Waals surface area contributed by atoms with E-state index in [9.17, 15) is 0 Å². The van der Waals surface area contributed by atoms with Crippen molar-refractivity contribution in [3.8, 4) is 90.6 Å². The van der Waals surface area contributed by atoms with Crippen LogP contribution in [0.15, 0.2) is 220 Å². The molecule has 0 unspecified atom stereocenters. The first-order valence-corrected chi connectivity index (χ1v) is 39.3. The summed E-state index contributed by atoms with van der Waals surface area (Å²) >= 11 is 0. The van der Waals surface area contributed by atoms with E-state index in [0.29, 0.717) is 6.04 Å². The molecule has 117 heavy (non-hydrogen) atoms. The minimum atomic E-state index is 0.350. The molecular weight excluding hydrogens is 1460 g/mol. The zero-order chi connectivity index (χ0) is 78.7. The maximum Gasteiger partial charge on any atom is 0.159 e. The number of imidazole rings is 4. The molecule has 0 radical (unpaired) electrons. The van der Waals surface area contributed by atoms with Crippen LogP contribution in [0, 0.1) is 0 Å². The van der Waals surface area contributed by atoms with Crippen LogP contribution in [0.25, 0.3) is 178 Å². The average molecular weight is 1540 g/mol. The van der Waals surface area contributed by atoms with Crippen LogP contribution in [0.2, 0.25) is 0 Å². The first kappa shape index (κ1) is 72.7. The van der Waals surface area contributed by atoms with Crippen LogP contribution < -0.4 is 5.32 Å². The highest BCUT2D eigenvalue weighted by Gasteiger charge is 2.21. The lowest BCUT2D eigenvalue weighted by Crippen LogP contribution is -2.29. The second-order valence-corrected chi connectivity index (χ2v) is 30.3. The molecule has 28 heteroatoms. The Hall–Kier alpha value is -14.5. The van der Waals surface area contributed by atoms with Gasteiger partial charge in [0.15, 0.2) is 23.3 Å². The van der Waals surface area contributed by atoms with Gasteiger partial charge in [-0.05, 0) is 216 Å². The lowest BCUT2D eigenvalue weighted by atomic mass is 10.0. The second-order valence-electron chi connectivity index (χ2n) is 30.3. The molecule has 22 rings (SSSR count). The van der Waals surface area contributed by atoms with Gasteiger partial charge in [0.05, 0.1) is 96.7 Å². The van der Waals surface area contributed by atoms with Crippen molar-refractivity contribution in [2.24, 2.45) is 0 Å². The monoisotopic (exact) mass is 1540 g/mol. The van der Waals surface area contributed by atoms with E-state index in [-0.39, 0.29) is 0 Å². The third-order valence-corrected chi connectivity index (χ3v) is 21.2. The molecule has 2 fully saturated rings. The highest BCUT2D eigenvalue weighted by molar-refractivity contribution is 6.00. The van der Waals surface area contributed by atoms with Crippen LogP contribution in [-0.2, 0) is 19.6 Å². The Kier molecular flexibility index (Phi) is 20.0. The third-order valence-electron chi connectivity index (χ3n) is 21.2. The predicted octanol–water partition coefficient (Wildman–Crippen LogP) is 16.7. The summed E-state index contributed by atoms with van der Waals surface area (Å²) in [6.45, 7) is 11.7. The summed E-state index contributed by atoms with van der Waals surface area (Å²) < 4.78 is 0. The Balaban J connectivity index is 0.000000104. The molecule has 18 heterocycles. The van der Waals surface area contributed by atoms with Gasteiger partial charge in [0.25, 0.3) is 0 Å². The Bertz CT molecular complexity index is 6580. The van der Waals surface area contributed by atoms with Gasteiger partial charge in [-0.1, -0.05) is 30.7 Å². The number of nitrogens with zero attached hydrogens (tertiary/aromatic N) is 19. The first-order valence-electron chi connectivity index (χ1n) is 39.3. The van der Waals surface area contributed by atoms with Gasteiger partial charge in [0, 0.05) is 144 Å². The third kappa shape index (κ3) is 15.8. The molecule has 0 bridgehead atoms. The molecule has 2 aliphatic heterocycles. The number of nitrogens with one attached hydrogen (secondary N) is 9. The molecular formula is C89H82N28. The smallest absolute Gasteiger partial charge is 0.159 e. The summed E-state index contributed by atoms with van der Waals surface area (Å²) in [5, 5.41) is 38.0. The van der Waals surface area contributed by atoms with Crippen molar-refractivity contribution in [2.75, 3.05) is 45.6 Å². The number of aromatic amines is 8. The van der Waals surface area contributed by atoms with Crippen LogP contribution in [0.3, 0.4) is 0 Å². The zero-order valence-corrected chi connectivity index (χ0v) is 64.8. The van der Waals surface area contributed by atoms with Gasteiger partial charge in [0.1, 0.15) is 22.8 Å². The summed E-state index contributed by atoms with van der Waals surface area (Å²) in [4.78, 5) is 73.5. The van der Waals surface area contributed by atoms with Gasteiger partial charge in [-0.3, -0.25) is 70.1 Å². The fourth-order valence-corrected chi connectivity index (χ4v) is 15.5. The number of pyridine rings is 8. The standard InChI is InChI=1S/C24H23N7.C23H21N7.2C21H19N7/c1-2-8-31(9-3-1)15-16-10-18(13-26-12-16)17-4-5-20-19(11-17)23(30-29-20)24-27-21-6-7-25-14-22(21)28-24;1-2-8-30(7-1)14-15-9-17(12-25-11-15)16-3-4-19-18(10-16)22(29-28-19)23-26-20-5-6-24-13-21(20)27-23;1-28(2)12-13-7-15(10-23-9-13)14-3-4-17-16(8-14)20(27-26-17)21-24-18-5-6-22-11-19(18)25-21;1-12(2)24-15-7-14(9-23-10-15)13-3-4-17-16(8-13)20(28-27-17)21-25-18-5-6-22-11-19(18)26-21/h4-7,10-14H,1-3,8-9,15H2,(H,27,28)(H,29,30);3-6,9-13H,1-2,7-8,14H2,(H,26,27)(H,28,29);3-11H,12H2,1-2H3,(H,24,25)(H,26,27);3-12,24H,1-2H3,(H,25,26)(H,27,28). The quantitative estimate of drug-likeness (QED) is 0.0434. The van der Waals surface area contributed by atoms with E-state index in [1.54, 1.807) is 49.6 Å². The summed E-state index contributed by atoms with van der Waals surface area (Å²) in [6, 6.07) is 41.9. The minimum Gasteiger partial charge on any atom is -0.382 e. The van der Waals surface area contributed by atoms with Crippen molar-refractivity contribution in [3.63, 3.8) is 0 Å². The number of likely N-dealkylation sites (tertiary alicyclic amines) is 2. The van der Waals surface area contributed by atoms with Crippen molar-refractivity contribution < 1.29 is 0 Å². The molecule has 20 aromatic rings. The first-order chi connectivity index (χ1) is 57.5. The molecule has 9 N–H and O–H groups in total. The highest BCUT2D eigenvalue weighted by Crippen LogP contribution is 2.37. The van der Waals surface area contributed by atoms with Crippen LogP contribution in [-0.4, -0.2) is 182 Å². The molecule has 16 aromatic heterocycles. The molecule has 0 amide bonds. The number of hydrogen-bond acceptors (Lipinski definition) is 20. The fourth-order valence-electron chi connectivity index (χ4n) is 15.5. The largest absolute Gasteiger partial charge is 0.382 e. The van der Waals surface area contributed by atoms with Crippen LogP contribution in [0.4, 0.5) is 5.69 Å². The molecule has 4 aromatic carbocycles. The van der Waals surface area contributed by atoms with Crippen LogP contribution in [0.5, 0.6) is 0 Å². The van der Waals surface area contributed by atoms with E-state index in [4.69, 9.17) is 4.98 Å². The lowest BCUT2D eigenvalue weighted by molar-refractivity contribution is 0.220. The molecule has 2 aliphatic rings. The van der Waals surface area contributed by atoms with Crippen molar-refractivity contribution in [1.29, 1.82) is 0 Å². The van der Waals surface area contributed by atoms with Gasteiger partial charge < -0.3 is 30.2 Å². The minimum absolute atomic E-state index is 0.350. The summed E-state index contributed by atoms with van der Waals surface area (Å²) in [7, 11) is 4.11. The maximum absolute atomic E-state index is 4.69. The van der Waals surface area contributed by atoms with Gasteiger partial charge in [-0.25, -0.2) is 19.9 Å². The Labute approximate surface area is 670 Å². The summed E-state index contributed by atoms with van der Waals surface area (Å²) in [5.74, 6) is 2.93. The number of anilines is 1. The van der Waals surface area contributed by atoms with Crippen LogP contribution in [0.1, 0.15) is 62.6 Å². The molecule has 0 atom stereocenters. The van der Waals surface area contributed by atoms with Gasteiger partial charge in [-0.15, -0.1) is 0 Å². The van der Waals surface area contributed by atoms with Crippen molar-refractivity contribution in [2.45, 2.75) is 71.6 Å². The normalized spacial score (nSPS) is 13.4. The number of piperidine rings is 1. The van der Waals surface area contributed by atoms with Crippen molar-refractivity contribution in [1.82, 2.24) is 135 Å². The topological polar surface area (TPSA) is 354 Å². The van der Waals surface area contributed by atoms with Gasteiger partial charge in [-0.2, -0.15) is 20.4 Å². The Morgan fingerprint density at radius 3 is 0.974 bits per heavy atom. The predicted molar refractivity (Wildman–Crippen MR) is 459 cm³/mol. The molecule has 2 saturated heterocycles. The summed E-state index contributed by atoms with van der Waals surface area (Å²) in [6.07, 6.45) is 36.0. The van der Waals surface area contributed by atoms with Gasteiger partial charge in [0.2, 0.25) is 0 Å². The number of benzene rings is 4. The van der Waals surface area contributed by atoms with Crippen molar-refractivity contribution >= 4 is 93.4 Å². The number of fused-ring (bicyclic) bond motifs is 8. The number of H-pyrrole nitrogens is 8. The maximum atomic E-state index is 4.69. The van der Waals surface area contributed by atoms with E-state index < -0.39 is 0 Å². The Morgan fingerprint density at radius 1 is 0.325 bits per heavy atom. The number of rotatable bonds is 16. The Morgan fingerprint density at radius 2 is 0.641 bits per heavy atom. The molecule has 0 spiro atoms. The fraction of sp³-hybridized carbons (Fsp3) is 0.191. The van der Waals surface area contributed by atoms with Crippen LogP contribution >= 0.6 is 0 Å². The number of aromatic nitrogens is 24. The van der Waals surface area contributed by atoms with E-state index in [1.807, 2.05) is 86.0 Å². The molecule has 578 valence electrons. The van der Waals surface area contributed by atoms with E-state index >= 15 is 0 Å². The van der Waals surface area contributed by atoms with E-state index in [0.717, 1.165) is 204 Å². The molecule has 0 aliphatic carbocycles. The number of hydrogen-bond donors (Lipinski definition) is 9. The molecule has 28 nitrogen and oxygen atoms in total. The summed E-state index contributed by atoms with van der Waals surface area (Å²) in [5.41, 5.74) is 27.7. The van der Waals surface area contributed by atoms with E-state index in [2.05, 4.69) is 248 Å². The highest BCUT2D eigenvalue weighted by atomic mass is 15.2. The van der Waals surface area contributed by atoms with E-state index in [1.165, 1.54) is 75.0 Å². The van der Waals surface area contributed by atoms with Gasteiger partial charge >= 0.3 is 0 Å². The second kappa shape index (κ2) is 32.2. The lowest BCUT2D eigenvalue weighted by Gasteiger charge is -2.26.